The van der Waals surface area contributed by atoms with Crippen LogP contribution in [0.25, 0.3) is 10.9 Å². The van der Waals surface area contributed by atoms with Crippen LogP contribution in [0.4, 0.5) is 4.79 Å². The highest BCUT2D eigenvalue weighted by molar-refractivity contribution is 5.91. The minimum atomic E-state index is -0.481. The van der Waals surface area contributed by atoms with Crippen molar-refractivity contribution in [2.24, 2.45) is 0 Å². The zero-order valence-electron chi connectivity index (χ0n) is 10.1. The minimum Gasteiger partial charge on any atom is -0.452 e. The number of carbonyl (C=O) groups excluding carboxylic acids is 2. The van der Waals surface area contributed by atoms with Gasteiger partial charge >= 0.3 is 12.5 Å². The second-order valence-corrected chi connectivity index (χ2v) is 3.90. The van der Waals surface area contributed by atoms with E-state index in [-0.39, 0.29) is 6.04 Å². The highest BCUT2D eigenvalue weighted by Gasteiger charge is 2.19. The molecule has 1 unspecified atom stereocenters. The van der Waals surface area contributed by atoms with Crippen molar-refractivity contribution >= 4 is 23.4 Å². The van der Waals surface area contributed by atoms with Crippen LogP contribution in [0.5, 0.6) is 0 Å². The monoisotopic (exact) mass is 245 g/mol. The molecule has 1 N–H and O–H groups in total. The average molecular weight is 245 g/mol. The Labute approximate surface area is 104 Å². The van der Waals surface area contributed by atoms with E-state index in [9.17, 15) is 9.59 Å². The van der Waals surface area contributed by atoms with Gasteiger partial charge in [-0.05, 0) is 19.1 Å². The van der Waals surface area contributed by atoms with Crippen LogP contribution >= 0.6 is 0 Å². The first-order valence-corrected chi connectivity index (χ1v) is 5.50. The van der Waals surface area contributed by atoms with Crippen molar-refractivity contribution in [2.75, 3.05) is 7.11 Å². The van der Waals surface area contributed by atoms with Crippen LogP contribution < -0.4 is 5.32 Å². The molecule has 1 atom stereocenters. The van der Waals surface area contributed by atoms with Crippen LogP contribution in [0.3, 0.4) is 0 Å². The molecule has 0 aliphatic heterocycles. The van der Waals surface area contributed by atoms with Crippen molar-refractivity contribution in [3.05, 3.63) is 36.0 Å². The lowest BCUT2D eigenvalue weighted by Crippen LogP contribution is -2.22. The first-order chi connectivity index (χ1) is 8.69. The van der Waals surface area contributed by atoms with E-state index in [1.807, 2.05) is 30.3 Å². The molecular formula is C13H13N2O3. The molecule has 0 saturated heterocycles. The van der Waals surface area contributed by atoms with Crippen molar-refractivity contribution in [3.63, 3.8) is 0 Å². The van der Waals surface area contributed by atoms with Crippen molar-refractivity contribution < 1.29 is 14.3 Å². The number of aromatic nitrogens is 1. The van der Waals surface area contributed by atoms with Crippen LogP contribution in [0, 0.1) is 0 Å². The maximum Gasteiger partial charge on any atom is 0.418 e. The number of para-hydroxylation sites is 1. The molecule has 0 spiro atoms. The summed E-state index contributed by atoms with van der Waals surface area (Å²) in [4.78, 5) is 22.2. The van der Waals surface area contributed by atoms with Crippen LogP contribution in [0.2, 0.25) is 0 Å². The normalized spacial score (nSPS) is 12.1. The Balaban J connectivity index is 2.63. The van der Waals surface area contributed by atoms with Crippen molar-refractivity contribution in [2.45, 2.75) is 13.0 Å². The predicted octanol–water partition coefficient (Wildman–Crippen LogP) is 1.97. The molecule has 2 aromatic rings. The standard InChI is InChI=1S/C13H13N2O3/c1-9(14-8-16)12-7-10-5-3-4-6-11(10)15(12)13(17)18-2/h3-7,9H,1-2H3,(H,14,16). The van der Waals surface area contributed by atoms with Crippen LogP contribution in [0.15, 0.2) is 30.3 Å². The third-order valence-corrected chi connectivity index (χ3v) is 2.82. The SMILES string of the molecule is COC(=O)n1c(C(C)N[C]=O)cc2ccccc21. The summed E-state index contributed by atoms with van der Waals surface area (Å²) in [7, 11) is 1.32. The Kier molecular flexibility index (Phi) is 3.32. The van der Waals surface area contributed by atoms with E-state index in [1.165, 1.54) is 11.7 Å². The van der Waals surface area contributed by atoms with Gasteiger partial charge in [0.2, 0.25) is 0 Å². The number of fused-ring (bicyclic) bond motifs is 1. The smallest absolute Gasteiger partial charge is 0.418 e. The van der Waals surface area contributed by atoms with Crippen LogP contribution in [0.1, 0.15) is 18.7 Å². The first kappa shape index (κ1) is 12.2. The lowest BCUT2D eigenvalue weighted by molar-refractivity contribution is 0.173. The number of rotatable bonds is 3. The summed E-state index contributed by atoms with van der Waals surface area (Å²) in [6, 6.07) is 8.98. The van der Waals surface area contributed by atoms with Crippen LogP contribution in [-0.2, 0) is 9.53 Å². The van der Waals surface area contributed by atoms with Gasteiger partial charge in [0.1, 0.15) is 0 Å². The average Bonchev–Trinajstić information content (AvgIpc) is 2.77. The van der Waals surface area contributed by atoms with E-state index in [4.69, 9.17) is 4.74 Å². The summed E-state index contributed by atoms with van der Waals surface area (Å²) in [5, 5.41) is 3.42. The number of benzene rings is 1. The van der Waals surface area contributed by atoms with Gasteiger partial charge in [-0.25, -0.2) is 9.36 Å². The second kappa shape index (κ2) is 4.91. The number of amides is 1. The Morgan fingerprint density at radius 1 is 1.44 bits per heavy atom. The van der Waals surface area contributed by atoms with E-state index < -0.39 is 6.09 Å². The zero-order chi connectivity index (χ0) is 13.1. The zero-order valence-corrected chi connectivity index (χ0v) is 10.1. The van der Waals surface area contributed by atoms with E-state index in [1.54, 1.807) is 13.3 Å². The molecule has 0 fully saturated rings. The predicted molar refractivity (Wildman–Crippen MR) is 67.0 cm³/mol. The number of ether oxygens (including phenoxy) is 1. The molecule has 5 nitrogen and oxygen atoms in total. The maximum absolute atomic E-state index is 11.8. The minimum absolute atomic E-state index is 0.325. The van der Waals surface area contributed by atoms with Crippen molar-refractivity contribution in [3.8, 4) is 0 Å². The summed E-state index contributed by atoms with van der Waals surface area (Å²) < 4.78 is 6.22. The summed E-state index contributed by atoms with van der Waals surface area (Å²) in [5.41, 5.74) is 1.41. The molecule has 0 bridgehead atoms. The molecule has 0 aliphatic carbocycles. The molecule has 0 saturated carbocycles. The topological polar surface area (TPSA) is 60.3 Å². The Hall–Kier alpha value is -2.30. The van der Waals surface area contributed by atoms with Gasteiger partial charge in [-0.1, -0.05) is 18.2 Å². The molecule has 1 heterocycles. The second-order valence-electron chi connectivity index (χ2n) is 3.90. The quantitative estimate of drug-likeness (QED) is 0.841. The fourth-order valence-corrected chi connectivity index (χ4v) is 1.95. The Morgan fingerprint density at radius 2 is 2.17 bits per heavy atom. The van der Waals surface area contributed by atoms with Gasteiger partial charge in [0.25, 0.3) is 0 Å². The molecular weight excluding hydrogens is 232 g/mol. The van der Waals surface area contributed by atoms with Gasteiger partial charge in [0.05, 0.1) is 24.4 Å². The third kappa shape index (κ3) is 1.95. The lowest BCUT2D eigenvalue weighted by Gasteiger charge is -2.12. The van der Waals surface area contributed by atoms with E-state index in [0.717, 1.165) is 10.9 Å². The van der Waals surface area contributed by atoms with Gasteiger partial charge in [-0.2, -0.15) is 0 Å². The van der Waals surface area contributed by atoms with Gasteiger partial charge in [0, 0.05) is 5.39 Å². The number of hydrogen-bond donors (Lipinski definition) is 1. The summed E-state index contributed by atoms with van der Waals surface area (Å²) in [5.74, 6) is 0. The summed E-state index contributed by atoms with van der Waals surface area (Å²) in [6.07, 6.45) is 1.15. The number of hydrogen-bond acceptors (Lipinski definition) is 3. The molecule has 5 heteroatoms. The lowest BCUT2D eigenvalue weighted by atomic mass is 10.2. The largest absolute Gasteiger partial charge is 0.452 e. The number of nitrogens with zero attached hydrogens (tertiary/aromatic N) is 1. The molecule has 18 heavy (non-hydrogen) atoms. The van der Waals surface area contributed by atoms with Crippen LogP contribution in [-0.4, -0.2) is 24.2 Å². The summed E-state index contributed by atoms with van der Waals surface area (Å²) in [6.45, 7) is 1.78. The van der Waals surface area contributed by atoms with E-state index in [2.05, 4.69) is 5.32 Å². The Morgan fingerprint density at radius 3 is 2.83 bits per heavy atom. The number of methoxy groups -OCH3 is 1. The van der Waals surface area contributed by atoms with Gasteiger partial charge in [0.15, 0.2) is 0 Å². The van der Waals surface area contributed by atoms with Crippen molar-refractivity contribution in [1.82, 2.24) is 9.88 Å². The summed E-state index contributed by atoms with van der Waals surface area (Å²) >= 11 is 0. The molecule has 1 aromatic heterocycles. The van der Waals surface area contributed by atoms with Crippen molar-refractivity contribution in [1.29, 1.82) is 0 Å². The highest BCUT2D eigenvalue weighted by Crippen LogP contribution is 2.24. The number of carbonyl (C=O) groups is 1. The molecule has 1 radical (unpaired) electrons. The molecule has 2 rings (SSSR count). The van der Waals surface area contributed by atoms with E-state index in [0.29, 0.717) is 5.69 Å². The molecule has 0 aliphatic rings. The Bertz CT molecular complexity index is 589. The fraction of sp³-hybridized carbons (Fsp3) is 0.231. The van der Waals surface area contributed by atoms with E-state index >= 15 is 0 Å². The molecule has 93 valence electrons. The van der Waals surface area contributed by atoms with Gasteiger partial charge in [-0.15, -0.1) is 0 Å². The van der Waals surface area contributed by atoms with Gasteiger partial charge in [-0.3, -0.25) is 4.79 Å². The van der Waals surface area contributed by atoms with Gasteiger partial charge < -0.3 is 10.1 Å². The first-order valence-electron chi connectivity index (χ1n) is 5.50. The molecule has 1 amide bonds. The fourth-order valence-electron chi connectivity index (χ4n) is 1.95. The maximum atomic E-state index is 11.8. The molecule has 1 aromatic carbocycles. The third-order valence-electron chi connectivity index (χ3n) is 2.82. The highest BCUT2D eigenvalue weighted by atomic mass is 16.5. The number of nitrogens with one attached hydrogen (secondary N) is 1.